The van der Waals surface area contributed by atoms with E-state index in [0.717, 1.165) is 92.4 Å². The molecule has 1 fully saturated rings. The first-order valence-corrected chi connectivity index (χ1v) is 12.3. The van der Waals surface area contributed by atoms with Crippen LogP contribution in [0, 0.1) is 0 Å². The summed E-state index contributed by atoms with van der Waals surface area (Å²) in [5, 5.41) is 3.69. The Morgan fingerprint density at radius 3 is 2.97 bits per heavy atom. The van der Waals surface area contributed by atoms with E-state index in [1.807, 2.05) is 24.4 Å². The Balaban J connectivity index is 1.16. The van der Waals surface area contributed by atoms with Crippen LogP contribution in [0.2, 0.25) is 0 Å². The molecule has 34 heavy (non-hydrogen) atoms. The summed E-state index contributed by atoms with van der Waals surface area (Å²) in [4.78, 5) is 19.1. The smallest absolute Gasteiger partial charge is 0.160 e. The molecule has 2 aliphatic heterocycles. The number of nitrogens with zero attached hydrogens (tertiary/aromatic N) is 2. The number of ketones is 1. The van der Waals surface area contributed by atoms with Crippen LogP contribution in [-0.4, -0.2) is 55.1 Å². The number of rotatable bonds is 7. The second-order valence-electron chi connectivity index (χ2n) is 9.52. The minimum absolute atomic E-state index is 0.113. The average molecular weight is 463 g/mol. The Bertz CT molecular complexity index is 1080. The van der Waals surface area contributed by atoms with Gasteiger partial charge < -0.3 is 25.4 Å². The zero-order valence-corrected chi connectivity index (χ0v) is 19.9. The fourth-order valence-electron chi connectivity index (χ4n) is 5.35. The molecule has 0 amide bonds. The Morgan fingerprint density at radius 2 is 2.15 bits per heavy atom. The zero-order chi connectivity index (χ0) is 23.5. The summed E-state index contributed by atoms with van der Waals surface area (Å²) in [5.41, 5.74) is 12.1. The number of benzene rings is 1. The lowest BCUT2D eigenvalue weighted by Gasteiger charge is -2.34. The van der Waals surface area contributed by atoms with Gasteiger partial charge in [-0.3, -0.25) is 9.78 Å². The van der Waals surface area contributed by atoms with E-state index in [0.29, 0.717) is 12.5 Å². The highest BCUT2D eigenvalue weighted by Crippen LogP contribution is 2.34. The summed E-state index contributed by atoms with van der Waals surface area (Å²) in [6.45, 7) is 4.32. The number of allylic oxidation sites excluding steroid dienone is 1. The lowest BCUT2D eigenvalue weighted by molar-refractivity contribution is -0.114. The van der Waals surface area contributed by atoms with Gasteiger partial charge in [-0.1, -0.05) is 12.1 Å². The van der Waals surface area contributed by atoms with Crippen LogP contribution in [0.4, 0.5) is 0 Å². The Hall–Kier alpha value is -2.74. The van der Waals surface area contributed by atoms with Crippen molar-refractivity contribution in [2.24, 2.45) is 5.73 Å². The van der Waals surface area contributed by atoms with Crippen molar-refractivity contribution in [1.82, 2.24) is 15.2 Å². The number of hydrogen-bond donors (Lipinski definition) is 2. The Kier molecular flexibility index (Phi) is 6.94. The van der Waals surface area contributed by atoms with Gasteiger partial charge >= 0.3 is 0 Å². The van der Waals surface area contributed by atoms with Crippen molar-refractivity contribution >= 4 is 11.9 Å². The number of ether oxygens (including phenoxy) is 2. The lowest BCUT2D eigenvalue weighted by Crippen LogP contribution is -2.44. The second kappa shape index (κ2) is 10.3. The number of carbonyl (C=O) groups is 1. The molecule has 1 saturated heterocycles. The molecule has 0 saturated carbocycles. The predicted octanol–water partition coefficient (Wildman–Crippen LogP) is 2.81. The van der Waals surface area contributed by atoms with Crippen LogP contribution in [0.25, 0.3) is 6.08 Å². The molecule has 0 spiro atoms. The van der Waals surface area contributed by atoms with E-state index in [9.17, 15) is 4.79 Å². The first-order valence-electron chi connectivity index (χ1n) is 12.3. The molecular weight excluding hydrogens is 428 g/mol. The quantitative estimate of drug-likeness (QED) is 0.654. The van der Waals surface area contributed by atoms with Crippen molar-refractivity contribution in [3.05, 3.63) is 58.4 Å². The van der Waals surface area contributed by atoms with E-state index in [1.165, 1.54) is 5.56 Å². The van der Waals surface area contributed by atoms with Gasteiger partial charge in [0.15, 0.2) is 5.78 Å². The van der Waals surface area contributed by atoms with E-state index in [1.54, 1.807) is 13.2 Å². The molecule has 1 atom stereocenters. The Morgan fingerprint density at radius 1 is 1.29 bits per heavy atom. The van der Waals surface area contributed by atoms with Crippen molar-refractivity contribution in [2.45, 2.75) is 50.7 Å². The third kappa shape index (κ3) is 5.02. The Labute approximate surface area is 201 Å². The van der Waals surface area contributed by atoms with Gasteiger partial charge in [-0.2, -0.15) is 0 Å². The molecule has 7 heteroatoms. The summed E-state index contributed by atoms with van der Waals surface area (Å²) in [6, 6.07) is 6.43. The van der Waals surface area contributed by atoms with E-state index in [2.05, 4.69) is 21.3 Å². The van der Waals surface area contributed by atoms with Crippen LogP contribution in [-0.2, 0) is 24.2 Å². The maximum absolute atomic E-state index is 12.1. The molecule has 2 aromatic rings. The van der Waals surface area contributed by atoms with Crippen molar-refractivity contribution in [3.63, 3.8) is 0 Å². The van der Waals surface area contributed by atoms with Gasteiger partial charge in [0.1, 0.15) is 11.5 Å². The van der Waals surface area contributed by atoms with Gasteiger partial charge in [0, 0.05) is 37.2 Å². The van der Waals surface area contributed by atoms with Crippen LogP contribution >= 0.6 is 0 Å². The molecule has 0 radical (unpaired) electrons. The molecule has 1 aromatic carbocycles. The van der Waals surface area contributed by atoms with Crippen molar-refractivity contribution < 1.29 is 14.3 Å². The third-order valence-corrected chi connectivity index (χ3v) is 7.21. The number of likely N-dealkylation sites (tertiary alicyclic amines) is 1. The number of aryl methyl sites for hydroxylation is 1. The van der Waals surface area contributed by atoms with Crippen molar-refractivity contribution in [2.75, 3.05) is 33.4 Å². The number of piperidine rings is 1. The molecule has 3 N–H and O–H groups in total. The third-order valence-electron chi connectivity index (χ3n) is 7.21. The molecule has 1 aliphatic carbocycles. The average Bonchev–Trinajstić information content (AvgIpc) is 2.87. The monoisotopic (exact) mass is 462 g/mol. The normalized spacial score (nSPS) is 19.3. The number of aromatic nitrogens is 1. The lowest BCUT2D eigenvalue weighted by atomic mass is 9.88. The van der Waals surface area contributed by atoms with Gasteiger partial charge in [0.2, 0.25) is 0 Å². The van der Waals surface area contributed by atoms with E-state index in [4.69, 9.17) is 15.2 Å². The van der Waals surface area contributed by atoms with Crippen molar-refractivity contribution in [3.8, 4) is 11.5 Å². The number of nitrogens with one attached hydrogen (secondary N) is 1. The van der Waals surface area contributed by atoms with Gasteiger partial charge in [-0.25, -0.2) is 0 Å². The van der Waals surface area contributed by atoms with Crippen LogP contribution in [0.15, 0.2) is 30.5 Å². The number of nitrogens with two attached hydrogens (primary N) is 1. The second-order valence-corrected chi connectivity index (χ2v) is 9.52. The van der Waals surface area contributed by atoms with E-state index >= 15 is 0 Å². The largest absolute Gasteiger partial charge is 0.496 e. The van der Waals surface area contributed by atoms with Crippen LogP contribution in [0.1, 0.15) is 53.3 Å². The predicted molar refractivity (Wildman–Crippen MR) is 132 cm³/mol. The molecule has 3 aliphatic rings. The minimum atomic E-state index is -0.198. The van der Waals surface area contributed by atoms with Gasteiger partial charge in [0.05, 0.1) is 25.6 Å². The first-order chi connectivity index (χ1) is 16.6. The molecule has 3 heterocycles. The van der Waals surface area contributed by atoms with Crippen molar-refractivity contribution in [1.29, 1.82) is 0 Å². The zero-order valence-electron chi connectivity index (χ0n) is 19.9. The van der Waals surface area contributed by atoms with Crippen LogP contribution in [0.3, 0.4) is 0 Å². The molecule has 0 bridgehead atoms. The first kappa shape index (κ1) is 23.0. The number of hydrogen-bond acceptors (Lipinski definition) is 7. The fourth-order valence-corrected chi connectivity index (χ4v) is 5.35. The standard InChI is InChI=1S/C27H34N4O3/c1-33-25-7-5-18-4-6-22(32)14-23(18)27(25)24(28)17-31-10-8-20(9-11-31)29-15-21-13-19-3-2-12-34-26(19)16-30-21/h4-7,13,16,20,24,29H,2-3,8-12,14-15,17,28H2,1H3/t24-/m1/s1. The molecule has 5 rings (SSSR count). The minimum Gasteiger partial charge on any atom is -0.496 e. The van der Waals surface area contributed by atoms with Gasteiger partial charge in [-0.05, 0) is 73.7 Å². The maximum atomic E-state index is 12.1. The number of methoxy groups -OCH3 is 1. The van der Waals surface area contributed by atoms with E-state index in [-0.39, 0.29) is 11.8 Å². The highest BCUT2D eigenvalue weighted by Gasteiger charge is 2.26. The maximum Gasteiger partial charge on any atom is 0.160 e. The van der Waals surface area contributed by atoms with Crippen LogP contribution < -0.4 is 20.5 Å². The number of pyridine rings is 1. The highest BCUT2D eigenvalue weighted by atomic mass is 16.5. The summed E-state index contributed by atoms with van der Waals surface area (Å²) in [6.07, 6.45) is 10.1. The summed E-state index contributed by atoms with van der Waals surface area (Å²) < 4.78 is 11.3. The SMILES string of the molecule is COc1ccc2c(c1[C@H](N)CN1CCC(NCc3cc4c(cn3)OCCC4)CC1)CC(=O)C=C2. The van der Waals surface area contributed by atoms with Gasteiger partial charge in [0.25, 0.3) is 0 Å². The van der Waals surface area contributed by atoms with Gasteiger partial charge in [-0.15, -0.1) is 0 Å². The summed E-state index contributed by atoms with van der Waals surface area (Å²) in [5.74, 6) is 1.83. The summed E-state index contributed by atoms with van der Waals surface area (Å²) in [7, 11) is 1.67. The molecule has 7 nitrogen and oxygen atoms in total. The molecule has 180 valence electrons. The molecule has 0 unspecified atom stereocenters. The topological polar surface area (TPSA) is 89.7 Å². The van der Waals surface area contributed by atoms with Crippen LogP contribution in [0.5, 0.6) is 11.5 Å². The molecular formula is C27H34N4O3. The molecule has 1 aromatic heterocycles. The summed E-state index contributed by atoms with van der Waals surface area (Å²) >= 11 is 0. The highest BCUT2D eigenvalue weighted by molar-refractivity contribution is 5.98. The van der Waals surface area contributed by atoms with E-state index < -0.39 is 0 Å². The fraction of sp³-hybridized carbons (Fsp3) is 0.481. The number of fused-ring (bicyclic) bond motifs is 2. The number of carbonyl (C=O) groups excluding carboxylic acids is 1.